The largest absolute Gasteiger partial charge is 0.339 e. The normalized spacial score (nSPS) is 14.9. The molecule has 4 rings (SSSR count). The molecule has 0 aromatic heterocycles. The summed E-state index contributed by atoms with van der Waals surface area (Å²) in [6.07, 6.45) is 2.88. The summed E-state index contributed by atoms with van der Waals surface area (Å²) in [5, 5.41) is 12.6. The third-order valence-corrected chi connectivity index (χ3v) is 6.51. The maximum absolute atomic E-state index is 13.0. The molecule has 8 nitrogen and oxygen atoms in total. The third-order valence-electron chi connectivity index (χ3n) is 6.51. The molecule has 2 aliphatic rings. The van der Waals surface area contributed by atoms with Crippen molar-refractivity contribution in [3.05, 3.63) is 65.5 Å². The molecule has 35 heavy (non-hydrogen) atoms. The van der Waals surface area contributed by atoms with Crippen molar-refractivity contribution in [1.29, 1.82) is 5.26 Å². The monoisotopic (exact) mass is 471 g/mol. The number of Topliss-reactive ketones (excluding diaryl/α,β-unsaturated/α-hetero) is 1. The van der Waals surface area contributed by atoms with Crippen molar-refractivity contribution in [1.82, 2.24) is 4.90 Å². The first-order chi connectivity index (χ1) is 16.9. The van der Waals surface area contributed by atoms with Crippen LogP contribution in [0.15, 0.2) is 59.9 Å². The number of nitrogens with zero attached hydrogens (tertiary/aromatic N) is 4. The van der Waals surface area contributed by atoms with Gasteiger partial charge in [0.15, 0.2) is 5.78 Å². The number of piperidine rings is 1. The lowest BCUT2D eigenvalue weighted by Gasteiger charge is -2.27. The van der Waals surface area contributed by atoms with Crippen LogP contribution in [0.4, 0.5) is 17.1 Å². The van der Waals surface area contributed by atoms with Gasteiger partial charge in [-0.2, -0.15) is 5.26 Å². The molecular weight excluding hydrogens is 442 g/mol. The standard InChI is InChI=1S/C27H29N5O3/c1-30-22-12-6-7-13-23(22)31(2)26(30)20(18-28)24(33)14-15-25(34)29-21-11-5-4-10-19(21)27(35)32-16-8-3-9-17-32/h4-7,10-13H,3,8-9,14-17H2,1-2H3,(H,29,34). The Balaban J connectivity index is 1.43. The number of nitrogens with one attached hydrogen (secondary N) is 1. The van der Waals surface area contributed by atoms with Gasteiger partial charge in [-0.05, 0) is 43.5 Å². The third kappa shape index (κ3) is 4.90. The quantitative estimate of drug-likeness (QED) is 0.507. The maximum atomic E-state index is 13.0. The van der Waals surface area contributed by atoms with E-state index in [1.165, 1.54) is 0 Å². The van der Waals surface area contributed by atoms with Crippen molar-refractivity contribution in [3.8, 4) is 6.07 Å². The van der Waals surface area contributed by atoms with Gasteiger partial charge in [0, 0.05) is 40.0 Å². The van der Waals surface area contributed by atoms with E-state index < -0.39 is 5.78 Å². The molecule has 1 saturated heterocycles. The SMILES string of the molecule is CN1C(=C(C#N)C(=O)CCC(=O)Nc2ccccc2C(=O)N2CCCCC2)N(C)c2ccccc21. The van der Waals surface area contributed by atoms with Crippen molar-refractivity contribution in [2.75, 3.05) is 42.3 Å². The number of amides is 2. The van der Waals surface area contributed by atoms with Crippen LogP contribution >= 0.6 is 0 Å². The summed E-state index contributed by atoms with van der Waals surface area (Å²) in [6.45, 7) is 1.43. The lowest BCUT2D eigenvalue weighted by atomic mass is 10.1. The van der Waals surface area contributed by atoms with Gasteiger partial charge in [0.25, 0.3) is 5.91 Å². The van der Waals surface area contributed by atoms with Gasteiger partial charge in [0.2, 0.25) is 5.91 Å². The molecule has 2 aromatic rings. The fourth-order valence-electron chi connectivity index (χ4n) is 4.67. The molecule has 180 valence electrons. The van der Waals surface area contributed by atoms with Crippen LogP contribution in [0, 0.1) is 11.3 Å². The van der Waals surface area contributed by atoms with Gasteiger partial charge < -0.3 is 20.0 Å². The molecule has 0 spiro atoms. The first-order valence-corrected chi connectivity index (χ1v) is 11.8. The Labute approximate surface area is 205 Å². The highest BCUT2D eigenvalue weighted by atomic mass is 16.2. The summed E-state index contributed by atoms with van der Waals surface area (Å²) in [5.41, 5.74) is 2.70. The number of fused-ring (bicyclic) bond motifs is 1. The van der Waals surface area contributed by atoms with Gasteiger partial charge in [-0.1, -0.05) is 24.3 Å². The molecule has 2 amide bonds. The summed E-state index contributed by atoms with van der Waals surface area (Å²) in [7, 11) is 3.62. The van der Waals surface area contributed by atoms with Gasteiger partial charge in [-0.3, -0.25) is 14.4 Å². The molecule has 0 unspecified atom stereocenters. The first-order valence-electron chi connectivity index (χ1n) is 11.8. The molecule has 1 N–H and O–H groups in total. The fraction of sp³-hybridized carbons (Fsp3) is 0.333. The minimum Gasteiger partial charge on any atom is -0.339 e. The van der Waals surface area contributed by atoms with Crippen molar-refractivity contribution < 1.29 is 14.4 Å². The van der Waals surface area contributed by atoms with Crippen LogP contribution in [0.3, 0.4) is 0 Å². The van der Waals surface area contributed by atoms with E-state index in [-0.39, 0.29) is 30.2 Å². The van der Waals surface area contributed by atoms with Gasteiger partial charge in [0.1, 0.15) is 17.5 Å². The highest BCUT2D eigenvalue weighted by molar-refractivity contribution is 6.06. The summed E-state index contributed by atoms with van der Waals surface area (Å²) >= 11 is 0. The highest BCUT2D eigenvalue weighted by Gasteiger charge is 2.31. The van der Waals surface area contributed by atoms with E-state index in [0.29, 0.717) is 30.2 Å². The second-order valence-electron chi connectivity index (χ2n) is 8.79. The van der Waals surface area contributed by atoms with Crippen LogP contribution in [0.5, 0.6) is 0 Å². The molecule has 0 atom stereocenters. The lowest BCUT2D eigenvalue weighted by Crippen LogP contribution is -2.36. The van der Waals surface area contributed by atoms with Crippen LogP contribution in [0.2, 0.25) is 0 Å². The highest BCUT2D eigenvalue weighted by Crippen LogP contribution is 2.40. The number of ketones is 1. The number of carbonyl (C=O) groups excluding carboxylic acids is 3. The van der Waals surface area contributed by atoms with Gasteiger partial charge in [0.05, 0.1) is 22.6 Å². The van der Waals surface area contributed by atoms with Crippen LogP contribution in [0.1, 0.15) is 42.5 Å². The Morgan fingerprint density at radius 1 is 0.886 bits per heavy atom. The minimum absolute atomic E-state index is 0.0136. The second-order valence-corrected chi connectivity index (χ2v) is 8.79. The summed E-state index contributed by atoms with van der Waals surface area (Å²) in [4.78, 5) is 44.1. The minimum atomic E-state index is -0.401. The number of likely N-dealkylation sites (tertiary alicyclic amines) is 1. The van der Waals surface area contributed by atoms with E-state index in [4.69, 9.17) is 0 Å². The second kappa shape index (κ2) is 10.4. The smallest absolute Gasteiger partial charge is 0.255 e. The van der Waals surface area contributed by atoms with Crippen molar-refractivity contribution in [3.63, 3.8) is 0 Å². The molecule has 0 radical (unpaired) electrons. The van der Waals surface area contributed by atoms with Crippen molar-refractivity contribution in [2.45, 2.75) is 32.1 Å². The van der Waals surface area contributed by atoms with Gasteiger partial charge in [-0.25, -0.2) is 0 Å². The number of nitriles is 1. The topological polar surface area (TPSA) is 96.8 Å². The maximum Gasteiger partial charge on any atom is 0.255 e. The number of rotatable bonds is 6. The molecule has 2 aliphatic heterocycles. The van der Waals surface area contributed by atoms with E-state index in [9.17, 15) is 19.6 Å². The van der Waals surface area contributed by atoms with Crippen LogP contribution in [-0.2, 0) is 9.59 Å². The Morgan fingerprint density at radius 2 is 1.49 bits per heavy atom. The number of benzene rings is 2. The van der Waals surface area contributed by atoms with Crippen LogP contribution < -0.4 is 15.1 Å². The zero-order chi connectivity index (χ0) is 24.9. The van der Waals surface area contributed by atoms with E-state index in [0.717, 1.165) is 30.6 Å². The summed E-state index contributed by atoms with van der Waals surface area (Å²) in [5.74, 6) is -0.380. The average Bonchev–Trinajstić information content (AvgIpc) is 3.14. The van der Waals surface area contributed by atoms with Gasteiger partial charge in [-0.15, -0.1) is 0 Å². The summed E-state index contributed by atoms with van der Waals surface area (Å²) < 4.78 is 0. The Bertz CT molecular complexity index is 1190. The Morgan fingerprint density at radius 3 is 2.11 bits per heavy atom. The average molecular weight is 472 g/mol. The van der Waals surface area contributed by atoms with E-state index >= 15 is 0 Å². The first kappa shape index (κ1) is 24.0. The molecule has 0 aliphatic carbocycles. The number of hydrogen-bond donors (Lipinski definition) is 1. The number of allylic oxidation sites excluding steroid dienone is 1. The molecule has 0 saturated carbocycles. The number of hydrogen-bond acceptors (Lipinski definition) is 6. The molecule has 0 bridgehead atoms. The number of carbonyl (C=O) groups is 3. The van der Waals surface area contributed by atoms with E-state index in [1.54, 1.807) is 24.3 Å². The fourth-order valence-corrected chi connectivity index (χ4v) is 4.67. The summed E-state index contributed by atoms with van der Waals surface area (Å²) in [6, 6.07) is 16.6. The predicted molar refractivity (Wildman–Crippen MR) is 135 cm³/mol. The van der Waals surface area contributed by atoms with E-state index in [2.05, 4.69) is 5.32 Å². The van der Waals surface area contributed by atoms with Gasteiger partial charge >= 0.3 is 0 Å². The van der Waals surface area contributed by atoms with Crippen LogP contribution in [0.25, 0.3) is 0 Å². The molecular formula is C27H29N5O3. The number of para-hydroxylation sites is 3. The Hall–Kier alpha value is -4.12. The number of anilines is 3. The molecule has 2 heterocycles. The van der Waals surface area contributed by atoms with E-state index in [1.807, 2.05) is 59.1 Å². The van der Waals surface area contributed by atoms with Crippen molar-refractivity contribution >= 4 is 34.7 Å². The predicted octanol–water partition coefficient (Wildman–Crippen LogP) is 3.92. The van der Waals surface area contributed by atoms with Crippen molar-refractivity contribution in [2.24, 2.45) is 0 Å². The Kier molecular flexibility index (Phi) is 7.16. The molecule has 8 heteroatoms. The zero-order valence-corrected chi connectivity index (χ0v) is 20.1. The molecule has 2 aromatic carbocycles. The van der Waals surface area contributed by atoms with Crippen LogP contribution in [-0.4, -0.2) is 49.7 Å². The molecule has 1 fully saturated rings. The lowest BCUT2D eigenvalue weighted by molar-refractivity contribution is -0.120. The zero-order valence-electron chi connectivity index (χ0n) is 20.1.